The Bertz CT molecular complexity index is 389. The van der Waals surface area contributed by atoms with E-state index >= 15 is 0 Å². The van der Waals surface area contributed by atoms with Gasteiger partial charge in [-0.1, -0.05) is 13.3 Å². The molecule has 0 heterocycles. The minimum Gasteiger partial charge on any atom is -1.00 e. The van der Waals surface area contributed by atoms with Crippen molar-refractivity contribution >= 4 is 23.4 Å². The number of thioether (sulfide) groups is 1. The molecule has 0 fully saturated rings. The predicted molar refractivity (Wildman–Crippen MR) is 78.7 cm³/mol. The van der Waals surface area contributed by atoms with Crippen molar-refractivity contribution in [3.05, 3.63) is 24.3 Å². The molecule has 1 aromatic rings. The number of nitrogens with zero attached hydrogens (tertiary/aromatic N) is 1. The molecule has 1 unspecified atom stereocenters. The number of hydrogen-bond donors (Lipinski definition) is 1. The van der Waals surface area contributed by atoms with Gasteiger partial charge in [-0.25, -0.2) is 4.79 Å². The van der Waals surface area contributed by atoms with E-state index in [4.69, 9.17) is 5.11 Å². The molecule has 0 aliphatic rings. The van der Waals surface area contributed by atoms with E-state index in [0.717, 1.165) is 25.1 Å². The molecule has 0 aliphatic carbocycles. The average molecular weight is 291 g/mol. The Morgan fingerprint density at radius 2 is 2.00 bits per heavy atom. The van der Waals surface area contributed by atoms with Crippen molar-refractivity contribution in [3.63, 3.8) is 0 Å². The van der Waals surface area contributed by atoms with Gasteiger partial charge in [0.2, 0.25) is 0 Å². The third-order valence-corrected chi connectivity index (χ3v) is 3.73. The second-order valence-corrected chi connectivity index (χ2v) is 5.14. The van der Waals surface area contributed by atoms with E-state index in [-0.39, 0.29) is 31.0 Å². The van der Waals surface area contributed by atoms with Gasteiger partial charge in [-0.05, 0) is 43.9 Å². The zero-order valence-corrected chi connectivity index (χ0v) is 15.0. The monoisotopic (exact) mass is 291 g/mol. The molecule has 0 radical (unpaired) electrons. The zero-order chi connectivity index (χ0) is 13.5. The molecule has 5 heteroatoms. The molecule has 0 aliphatic heterocycles. The van der Waals surface area contributed by atoms with Gasteiger partial charge in [-0.15, -0.1) is 11.8 Å². The van der Waals surface area contributed by atoms with Gasteiger partial charge >= 0.3 is 35.5 Å². The summed E-state index contributed by atoms with van der Waals surface area (Å²) in [5, 5.41) is 9.17. The maximum absolute atomic E-state index is 11.2. The summed E-state index contributed by atoms with van der Waals surface area (Å²) >= 11 is 1.69. The Morgan fingerprint density at radius 1 is 1.42 bits per heavy atom. The maximum atomic E-state index is 11.2. The quantitative estimate of drug-likeness (QED) is 0.590. The molecule has 1 atom stereocenters. The molecular weight excluding hydrogens is 269 g/mol. The first-order valence-electron chi connectivity index (χ1n) is 6.23. The molecule has 102 valence electrons. The van der Waals surface area contributed by atoms with Gasteiger partial charge in [0.1, 0.15) is 6.04 Å². The number of unbranched alkanes of at least 4 members (excludes halogenated alkanes) is 1. The van der Waals surface area contributed by atoms with Gasteiger partial charge in [0.25, 0.3) is 0 Å². The number of carboxylic acids is 1. The molecule has 0 saturated carbocycles. The Balaban J connectivity index is 0. The van der Waals surface area contributed by atoms with Crippen molar-refractivity contribution in [2.45, 2.75) is 37.6 Å². The van der Waals surface area contributed by atoms with Crippen LogP contribution in [0, 0.1) is 0 Å². The summed E-state index contributed by atoms with van der Waals surface area (Å²) < 4.78 is 0. The van der Waals surface area contributed by atoms with Crippen molar-refractivity contribution in [2.24, 2.45) is 0 Å². The fourth-order valence-corrected chi connectivity index (χ4v) is 2.19. The standard InChI is InChI=1S/C14H21NO2S.Na.H/c1-4-5-10-15(11(2)14(16)17)12-6-8-13(18-3)9-7-12;;/h6-9,11H,4-5,10H2,1-3H3,(H,16,17);;/q;+1;-1. The van der Waals surface area contributed by atoms with E-state index < -0.39 is 12.0 Å². The van der Waals surface area contributed by atoms with E-state index in [1.165, 1.54) is 4.90 Å². The summed E-state index contributed by atoms with van der Waals surface area (Å²) in [7, 11) is 0. The van der Waals surface area contributed by atoms with Crippen molar-refractivity contribution in [1.29, 1.82) is 0 Å². The van der Waals surface area contributed by atoms with Gasteiger partial charge in [0, 0.05) is 17.1 Å². The molecule has 0 aromatic heterocycles. The maximum Gasteiger partial charge on any atom is 1.00 e. The van der Waals surface area contributed by atoms with E-state index in [2.05, 4.69) is 6.92 Å². The van der Waals surface area contributed by atoms with Crippen molar-refractivity contribution in [2.75, 3.05) is 17.7 Å². The van der Waals surface area contributed by atoms with E-state index in [1.807, 2.05) is 35.4 Å². The minimum absolute atomic E-state index is 0. The minimum atomic E-state index is -0.778. The van der Waals surface area contributed by atoms with E-state index in [0.29, 0.717) is 0 Å². The topological polar surface area (TPSA) is 40.5 Å². The number of anilines is 1. The molecule has 0 saturated heterocycles. The summed E-state index contributed by atoms with van der Waals surface area (Å²) in [4.78, 5) is 14.3. The number of carbonyl (C=O) groups is 1. The van der Waals surface area contributed by atoms with Gasteiger partial charge < -0.3 is 11.4 Å². The molecule has 3 nitrogen and oxygen atoms in total. The first kappa shape index (κ1) is 18.8. The van der Waals surface area contributed by atoms with Crippen molar-refractivity contribution < 1.29 is 40.9 Å². The third-order valence-electron chi connectivity index (χ3n) is 2.98. The largest absolute Gasteiger partial charge is 1.00 e. The van der Waals surface area contributed by atoms with Gasteiger partial charge in [-0.2, -0.15) is 0 Å². The van der Waals surface area contributed by atoms with Crippen LogP contribution in [0.15, 0.2) is 29.2 Å². The number of hydrogen-bond acceptors (Lipinski definition) is 3. The van der Waals surface area contributed by atoms with E-state index in [9.17, 15) is 4.79 Å². The first-order valence-corrected chi connectivity index (χ1v) is 7.46. The van der Waals surface area contributed by atoms with Crippen LogP contribution in [0.1, 0.15) is 28.1 Å². The van der Waals surface area contributed by atoms with Crippen LogP contribution in [0.4, 0.5) is 5.69 Å². The summed E-state index contributed by atoms with van der Waals surface area (Å²) in [5.41, 5.74) is 0.983. The van der Waals surface area contributed by atoms with Crippen LogP contribution in [0.5, 0.6) is 0 Å². The smallest absolute Gasteiger partial charge is 1.00 e. The van der Waals surface area contributed by atoms with Gasteiger partial charge in [0.15, 0.2) is 0 Å². The molecule has 1 N–H and O–H groups in total. The normalized spacial score (nSPS) is 11.5. The Hall–Kier alpha value is -0.160. The number of benzene rings is 1. The fourth-order valence-electron chi connectivity index (χ4n) is 1.78. The summed E-state index contributed by atoms with van der Waals surface area (Å²) in [5.74, 6) is -0.778. The summed E-state index contributed by atoms with van der Waals surface area (Å²) in [6.45, 7) is 4.63. The number of aliphatic carboxylic acids is 1. The molecule has 0 bridgehead atoms. The second-order valence-electron chi connectivity index (χ2n) is 4.26. The Morgan fingerprint density at radius 3 is 2.42 bits per heavy atom. The second kappa shape index (κ2) is 9.70. The summed E-state index contributed by atoms with van der Waals surface area (Å²) in [6, 6.07) is 7.58. The van der Waals surface area contributed by atoms with Crippen LogP contribution in [0.2, 0.25) is 0 Å². The number of carboxylic acid groups (broad SMARTS) is 1. The molecular formula is C14H22NNaO2S. The van der Waals surface area contributed by atoms with Crippen LogP contribution < -0.4 is 34.5 Å². The van der Waals surface area contributed by atoms with Crippen LogP contribution in [-0.4, -0.2) is 29.9 Å². The molecule has 0 amide bonds. The van der Waals surface area contributed by atoms with Gasteiger partial charge in [0.05, 0.1) is 0 Å². The zero-order valence-electron chi connectivity index (χ0n) is 13.2. The number of rotatable bonds is 7. The average Bonchev–Trinajstić information content (AvgIpc) is 2.39. The van der Waals surface area contributed by atoms with E-state index in [1.54, 1.807) is 18.7 Å². The third kappa shape index (κ3) is 5.78. The first-order chi connectivity index (χ1) is 8.60. The van der Waals surface area contributed by atoms with Gasteiger partial charge in [-0.3, -0.25) is 0 Å². The molecule has 19 heavy (non-hydrogen) atoms. The van der Waals surface area contributed by atoms with Crippen molar-refractivity contribution in [1.82, 2.24) is 0 Å². The Labute approximate surface area is 143 Å². The molecule has 1 rings (SSSR count). The van der Waals surface area contributed by atoms with Crippen LogP contribution >= 0.6 is 11.8 Å². The molecule has 1 aromatic carbocycles. The fraction of sp³-hybridized carbons (Fsp3) is 0.500. The van der Waals surface area contributed by atoms with Crippen LogP contribution in [-0.2, 0) is 4.79 Å². The van der Waals surface area contributed by atoms with Crippen LogP contribution in [0.3, 0.4) is 0 Å². The van der Waals surface area contributed by atoms with Crippen LogP contribution in [0.25, 0.3) is 0 Å². The SMILES string of the molecule is CCCCN(c1ccc(SC)cc1)C(C)C(=O)O.[H-].[Na+]. The molecule has 0 spiro atoms. The Kier molecular flexibility index (Phi) is 9.62. The summed E-state index contributed by atoms with van der Waals surface area (Å²) in [6.07, 6.45) is 4.09. The predicted octanol–water partition coefficient (Wildman–Crippen LogP) is 0.605. The van der Waals surface area contributed by atoms with Crippen molar-refractivity contribution in [3.8, 4) is 0 Å².